The summed E-state index contributed by atoms with van der Waals surface area (Å²) in [4.78, 5) is 25.2. The van der Waals surface area contributed by atoms with Gasteiger partial charge in [0.05, 0.1) is 12.2 Å². The number of hydroxylamine groups is 1. The van der Waals surface area contributed by atoms with Crippen LogP contribution >= 0.6 is 11.3 Å². The molecule has 2 heterocycles. The van der Waals surface area contributed by atoms with E-state index in [-0.39, 0.29) is 18.9 Å². The largest absolute Gasteiger partial charge is 0.364 e. The number of amides is 3. The van der Waals surface area contributed by atoms with Crippen molar-refractivity contribution in [3.63, 3.8) is 0 Å². The topological polar surface area (TPSA) is 134 Å². The van der Waals surface area contributed by atoms with Crippen molar-refractivity contribution in [3.8, 4) is 10.4 Å². The first kappa shape index (κ1) is 23.2. The first-order valence-electron chi connectivity index (χ1n) is 9.71. The highest BCUT2D eigenvalue weighted by Gasteiger charge is 2.49. The molecular formula is C20H25N3O6S2. The Labute approximate surface area is 184 Å². The molecule has 0 unspecified atom stereocenters. The van der Waals surface area contributed by atoms with E-state index in [2.05, 4.69) is 10.6 Å². The predicted octanol–water partition coefficient (Wildman–Crippen LogP) is 2.83. The number of thiophene rings is 1. The van der Waals surface area contributed by atoms with Crippen LogP contribution in [0.4, 0.5) is 10.5 Å². The summed E-state index contributed by atoms with van der Waals surface area (Å²) in [6.45, 7) is 0.0811. The Hall–Kier alpha value is -2.47. The summed E-state index contributed by atoms with van der Waals surface area (Å²) in [6.07, 6.45) is 1.24. The fourth-order valence-electron chi connectivity index (χ4n) is 3.72. The summed E-state index contributed by atoms with van der Waals surface area (Å²) in [5.74, 6) is -0.719. The molecule has 1 atom stereocenters. The Kier molecular flexibility index (Phi) is 7.31. The number of anilines is 1. The number of urea groups is 1. The van der Waals surface area contributed by atoms with Crippen molar-refractivity contribution in [2.45, 2.75) is 30.4 Å². The first-order chi connectivity index (χ1) is 14.8. The van der Waals surface area contributed by atoms with E-state index in [1.54, 1.807) is 29.7 Å². The van der Waals surface area contributed by atoms with E-state index in [0.29, 0.717) is 29.8 Å². The van der Waals surface area contributed by atoms with Gasteiger partial charge < -0.3 is 15.4 Å². The predicted molar refractivity (Wildman–Crippen MR) is 118 cm³/mol. The third kappa shape index (κ3) is 5.06. The van der Waals surface area contributed by atoms with Crippen molar-refractivity contribution in [1.29, 1.82) is 0 Å². The van der Waals surface area contributed by atoms with Gasteiger partial charge in [-0.15, -0.1) is 11.3 Å². The SMILES string of the molecule is COCNC(=O)Nc1cccc(-c2ccc([C@@]3(CC(=O)NO)CCCCS3(=O)=O)s2)c1. The second kappa shape index (κ2) is 9.77. The lowest BCUT2D eigenvalue weighted by molar-refractivity contribution is -0.130. The number of methoxy groups -OCH3 is 1. The van der Waals surface area contributed by atoms with Crippen molar-refractivity contribution in [3.05, 3.63) is 41.3 Å². The van der Waals surface area contributed by atoms with Gasteiger partial charge in [-0.2, -0.15) is 0 Å². The average molecular weight is 468 g/mol. The number of hydrogen-bond acceptors (Lipinski definition) is 7. The maximum Gasteiger partial charge on any atom is 0.321 e. The zero-order valence-electron chi connectivity index (χ0n) is 17.0. The highest BCUT2D eigenvalue weighted by atomic mass is 32.2. The molecule has 168 valence electrons. The molecule has 1 aliphatic heterocycles. The second-order valence-electron chi connectivity index (χ2n) is 7.29. The Morgan fingerprint density at radius 1 is 1.23 bits per heavy atom. The minimum absolute atomic E-state index is 0.00886. The van der Waals surface area contributed by atoms with Crippen LogP contribution in [-0.2, 0) is 24.1 Å². The van der Waals surface area contributed by atoms with Crippen LogP contribution < -0.4 is 16.1 Å². The van der Waals surface area contributed by atoms with Gasteiger partial charge in [0.1, 0.15) is 11.5 Å². The molecule has 2 aromatic rings. The van der Waals surface area contributed by atoms with Crippen LogP contribution in [-0.4, -0.2) is 45.2 Å². The summed E-state index contributed by atoms with van der Waals surface area (Å²) in [6, 6.07) is 10.3. The fraction of sp³-hybridized carbons (Fsp3) is 0.400. The highest BCUT2D eigenvalue weighted by Crippen LogP contribution is 2.47. The number of sulfone groups is 1. The molecule has 1 fully saturated rings. The van der Waals surface area contributed by atoms with Crippen LogP contribution in [0.25, 0.3) is 10.4 Å². The van der Waals surface area contributed by atoms with Crippen molar-refractivity contribution in [1.82, 2.24) is 10.8 Å². The molecule has 11 heteroatoms. The maximum absolute atomic E-state index is 13.0. The lowest BCUT2D eigenvalue weighted by atomic mass is 9.94. The first-order valence-corrected chi connectivity index (χ1v) is 12.2. The van der Waals surface area contributed by atoms with Crippen LogP contribution in [0.5, 0.6) is 0 Å². The molecule has 0 aliphatic carbocycles. The number of nitrogens with one attached hydrogen (secondary N) is 3. The van der Waals surface area contributed by atoms with Crippen LogP contribution in [0.15, 0.2) is 36.4 Å². The van der Waals surface area contributed by atoms with E-state index >= 15 is 0 Å². The standard InChI is InChI=1S/C20H25N3O6S2/c1-29-13-21-19(25)22-15-6-4-5-14(11-15)16-7-8-17(30-16)20(12-18(24)23-26)9-2-3-10-31(20,27)28/h4-8,11,26H,2-3,9-10,12-13H2,1H3,(H,23,24)(H2,21,22,25)/t20-/m0/s1. The number of rotatable bonds is 7. The fourth-order valence-corrected chi connectivity index (χ4v) is 7.49. The molecule has 1 aliphatic rings. The Bertz CT molecular complexity index is 1050. The third-order valence-corrected chi connectivity index (χ3v) is 9.30. The summed E-state index contributed by atoms with van der Waals surface area (Å²) in [5.41, 5.74) is 2.94. The zero-order chi connectivity index (χ0) is 22.5. The highest BCUT2D eigenvalue weighted by molar-refractivity contribution is 7.92. The smallest absolute Gasteiger partial charge is 0.321 e. The van der Waals surface area contributed by atoms with Crippen molar-refractivity contribution >= 4 is 38.8 Å². The van der Waals surface area contributed by atoms with Gasteiger partial charge in [0.15, 0.2) is 9.84 Å². The van der Waals surface area contributed by atoms with Gasteiger partial charge in [-0.1, -0.05) is 18.6 Å². The lowest BCUT2D eigenvalue weighted by Crippen LogP contribution is -2.43. The van der Waals surface area contributed by atoms with E-state index in [0.717, 1.165) is 10.4 Å². The van der Waals surface area contributed by atoms with Crippen LogP contribution in [0.1, 0.15) is 30.6 Å². The van der Waals surface area contributed by atoms with E-state index in [1.165, 1.54) is 18.4 Å². The molecule has 9 nitrogen and oxygen atoms in total. The van der Waals surface area contributed by atoms with Gasteiger partial charge in [-0.25, -0.2) is 18.7 Å². The van der Waals surface area contributed by atoms with E-state index in [9.17, 15) is 18.0 Å². The lowest BCUT2D eigenvalue weighted by Gasteiger charge is -2.35. The monoisotopic (exact) mass is 467 g/mol. The molecule has 1 aromatic carbocycles. The molecule has 3 rings (SSSR count). The number of hydrogen-bond donors (Lipinski definition) is 4. The maximum atomic E-state index is 13.0. The molecule has 4 N–H and O–H groups in total. The van der Waals surface area contributed by atoms with E-state index in [1.807, 2.05) is 12.1 Å². The van der Waals surface area contributed by atoms with Gasteiger partial charge in [0.25, 0.3) is 0 Å². The summed E-state index contributed by atoms with van der Waals surface area (Å²) >= 11 is 1.30. The van der Waals surface area contributed by atoms with Crippen LogP contribution in [0.3, 0.4) is 0 Å². The Morgan fingerprint density at radius 2 is 2.03 bits per heavy atom. The van der Waals surface area contributed by atoms with Crippen molar-refractivity contribution in [2.24, 2.45) is 0 Å². The van der Waals surface area contributed by atoms with E-state index in [4.69, 9.17) is 9.94 Å². The second-order valence-corrected chi connectivity index (χ2v) is 10.8. The molecule has 0 radical (unpaired) electrons. The van der Waals surface area contributed by atoms with Gasteiger partial charge in [0, 0.05) is 22.6 Å². The number of carbonyl (C=O) groups is 2. The normalized spacial score (nSPS) is 20.1. The minimum atomic E-state index is -3.58. The summed E-state index contributed by atoms with van der Waals surface area (Å²) in [7, 11) is -2.11. The number of ether oxygens (including phenoxy) is 1. The zero-order valence-corrected chi connectivity index (χ0v) is 18.6. The molecule has 3 amide bonds. The number of carbonyl (C=O) groups excluding carboxylic acids is 2. The molecule has 31 heavy (non-hydrogen) atoms. The van der Waals surface area contributed by atoms with Crippen molar-refractivity contribution in [2.75, 3.05) is 24.9 Å². The van der Waals surface area contributed by atoms with Gasteiger partial charge in [-0.3, -0.25) is 10.0 Å². The van der Waals surface area contributed by atoms with Gasteiger partial charge >= 0.3 is 6.03 Å². The molecule has 1 saturated heterocycles. The Balaban J connectivity index is 1.91. The molecule has 1 aromatic heterocycles. The summed E-state index contributed by atoms with van der Waals surface area (Å²) < 4.78 is 29.5. The average Bonchev–Trinajstić information content (AvgIpc) is 3.24. The van der Waals surface area contributed by atoms with Crippen LogP contribution in [0.2, 0.25) is 0 Å². The van der Waals surface area contributed by atoms with Gasteiger partial charge in [0.2, 0.25) is 5.91 Å². The third-order valence-electron chi connectivity index (χ3n) is 5.25. The number of benzene rings is 1. The molecule has 0 bridgehead atoms. The minimum Gasteiger partial charge on any atom is -0.364 e. The molecule has 0 spiro atoms. The van der Waals surface area contributed by atoms with Gasteiger partial charge in [-0.05, 0) is 42.7 Å². The summed E-state index contributed by atoms with van der Waals surface area (Å²) in [5, 5.41) is 14.2. The van der Waals surface area contributed by atoms with Crippen molar-refractivity contribution < 1.29 is 28.0 Å². The Morgan fingerprint density at radius 3 is 2.74 bits per heavy atom. The molecular weight excluding hydrogens is 442 g/mol. The van der Waals surface area contributed by atoms with E-state index < -0.39 is 26.5 Å². The quantitative estimate of drug-likeness (QED) is 0.281. The van der Waals surface area contributed by atoms with Crippen LogP contribution in [0, 0.1) is 0 Å². The molecule has 0 saturated carbocycles.